The third kappa shape index (κ3) is 2.05. The Labute approximate surface area is 117 Å². The number of aromatic nitrogens is 2. The van der Waals surface area contributed by atoms with Gasteiger partial charge in [0.15, 0.2) is 0 Å². The second-order valence-electron chi connectivity index (χ2n) is 4.82. The molecule has 2 heterocycles. The molecule has 4 heteroatoms. The molecular formula is C16H15N3O. The first kappa shape index (κ1) is 12.4. The molecule has 0 saturated heterocycles. The minimum Gasteiger partial charge on any atom is -0.367 e. The molecule has 0 aliphatic carbocycles. The van der Waals surface area contributed by atoms with E-state index in [1.807, 2.05) is 12.1 Å². The third-order valence-electron chi connectivity index (χ3n) is 3.34. The molecule has 0 saturated carbocycles. The summed E-state index contributed by atoms with van der Waals surface area (Å²) in [5.41, 5.74) is 11.8. The van der Waals surface area contributed by atoms with Gasteiger partial charge in [-0.3, -0.25) is 4.98 Å². The second-order valence-corrected chi connectivity index (χ2v) is 4.82. The van der Waals surface area contributed by atoms with Crippen molar-refractivity contribution in [3.8, 4) is 22.4 Å². The summed E-state index contributed by atoms with van der Waals surface area (Å²) >= 11 is 0. The molecule has 0 aliphatic rings. The first-order valence-corrected chi connectivity index (χ1v) is 6.40. The predicted molar refractivity (Wildman–Crippen MR) is 79.1 cm³/mol. The summed E-state index contributed by atoms with van der Waals surface area (Å²) in [7, 11) is 0. The van der Waals surface area contributed by atoms with Crippen LogP contribution < -0.4 is 5.73 Å². The van der Waals surface area contributed by atoms with Gasteiger partial charge in [0.2, 0.25) is 5.88 Å². The van der Waals surface area contributed by atoms with E-state index in [2.05, 4.69) is 42.2 Å². The van der Waals surface area contributed by atoms with Gasteiger partial charge in [-0.15, -0.1) is 0 Å². The zero-order valence-electron chi connectivity index (χ0n) is 11.4. The lowest BCUT2D eigenvalue weighted by Crippen LogP contribution is -1.90. The minimum atomic E-state index is 0.326. The van der Waals surface area contributed by atoms with E-state index in [0.29, 0.717) is 5.88 Å². The highest BCUT2D eigenvalue weighted by Gasteiger charge is 2.18. The van der Waals surface area contributed by atoms with Crippen LogP contribution in [0.2, 0.25) is 0 Å². The highest BCUT2D eigenvalue weighted by Crippen LogP contribution is 2.37. The van der Waals surface area contributed by atoms with Crippen LogP contribution in [0.15, 0.2) is 47.2 Å². The van der Waals surface area contributed by atoms with Crippen molar-refractivity contribution in [3.05, 3.63) is 53.9 Å². The van der Waals surface area contributed by atoms with Crippen LogP contribution in [0.1, 0.15) is 11.1 Å². The van der Waals surface area contributed by atoms with E-state index in [0.717, 1.165) is 27.9 Å². The predicted octanol–water partition coefficient (Wildman–Crippen LogP) is 3.60. The number of aryl methyl sites for hydroxylation is 2. The van der Waals surface area contributed by atoms with Crippen LogP contribution in [0.4, 0.5) is 5.88 Å². The van der Waals surface area contributed by atoms with Crippen molar-refractivity contribution in [1.29, 1.82) is 0 Å². The van der Waals surface area contributed by atoms with Gasteiger partial charge in [0, 0.05) is 18.0 Å². The molecule has 3 rings (SSSR count). The summed E-state index contributed by atoms with van der Waals surface area (Å²) < 4.78 is 5.21. The van der Waals surface area contributed by atoms with E-state index >= 15 is 0 Å². The Balaban J connectivity index is 2.24. The molecule has 2 aromatic heterocycles. The number of hydrogen-bond acceptors (Lipinski definition) is 4. The quantitative estimate of drug-likeness (QED) is 0.768. The van der Waals surface area contributed by atoms with Gasteiger partial charge in [0.1, 0.15) is 5.69 Å². The van der Waals surface area contributed by atoms with Gasteiger partial charge in [0.05, 0.1) is 5.56 Å². The fourth-order valence-corrected chi connectivity index (χ4v) is 2.28. The van der Waals surface area contributed by atoms with Gasteiger partial charge in [-0.2, -0.15) is 0 Å². The van der Waals surface area contributed by atoms with Crippen LogP contribution in [0.25, 0.3) is 22.4 Å². The Morgan fingerprint density at radius 3 is 2.55 bits per heavy atom. The van der Waals surface area contributed by atoms with Gasteiger partial charge in [-0.05, 0) is 43.2 Å². The van der Waals surface area contributed by atoms with Crippen molar-refractivity contribution in [2.45, 2.75) is 13.8 Å². The van der Waals surface area contributed by atoms with E-state index < -0.39 is 0 Å². The average Bonchev–Trinajstić information content (AvgIpc) is 2.84. The SMILES string of the molecule is Cc1ccc(C)c(-c2noc(N)c2-c2ccncc2)c1. The summed E-state index contributed by atoms with van der Waals surface area (Å²) in [4.78, 5) is 4.03. The summed E-state index contributed by atoms with van der Waals surface area (Å²) in [5.74, 6) is 0.326. The molecule has 4 nitrogen and oxygen atoms in total. The molecule has 100 valence electrons. The van der Waals surface area contributed by atoms with Crippen LogP contribution in [0.5, 0.6) is 0 Å². The molecule has 1 aromatic carbocycles. The standard InChI is InChI=1S/C16H15N3O/c1-10-3-4-11(2)13(9-10)15-14(16(17)20-19-15)12-5-7-18-8-6-12/h3-9H,17H2,1-2H3. The number of nitrogen functional groups attached to an aromatic ring is 1. The Bertz CT molecular complexity index is 748. The summed E-state index contributed by atoms with van der Waals surface area (Å²) in [6.07, 6.45) is 3.46. The topological polar surface area (TPSA) is 64.9 Å². The number of rotatable bonds is 2. The number of benzene rings is 1. The maximum Gasteiger partial charge on any atom is 0.230 e. The van der Waals surface area contributed by atoms with Gasteiger partial charge in [-0.25, -0.2) is 0 Å². The number of pyridine rings is 1. The van der Waals surface area contributed by atoms with Gasteiger partial charge < -0.3 is 10.3 Å². The first-order chi connectivity index (χ1) is 9.66. The fraction of sp³-hybridized carbons (Fsp3) is 0.125. The molecule has 0 fully saturated rings. The van der Waals surface area contributed by atoms with Gasteiger partial charge in [-0.1, -0.05) is 22.9 Å². The lowest BCUT2D eigenvalue weighted by molar-refractivity contribution is 0.439. The third-order valence-corrected chi connectivity index (χ3v) is 3.34. The number of nitrogens with two attached hydrogens (primary N) is 1. The normalized spacial score (nSPS) is 10.7. The lowest BCUT2D eigenvalue weighted by atomic mass is 9.97. The molecule has 20 heavy (non-hydrogen) atoms. The van der Waals surface area contributed by atoms with E-state index in [1.54, 1.807) is 12.4 Å². The largest absolute Gasteiger partial charge is 0.367 e. The fourth-order valence-electron chi connectivity index (χ4n) is 2.28. The average molecular weight is 265 g/mol. The summed E-state index contributed by atoms with van der Waals surface area (Å²) in [5, 5.41) is 4.14. The summed E-state index contributed by atoms with van der Waals surface area (Å²) in [6, 6.07) is 10.0. The molecule has 0 bridgehead atoms. The zero-order chi connectivity index (χ0) is 14.1. The molecule has 0 radical (unpaired) electrons. The van der Waals surface area contributed by atoms with Crippen LogP contribution in [-0.4, -0.2) is 10.1 Å². The Morgan fingerprint density at radius 1 is 1.05 bits per heavy atom. The maximum atomic E-state index is 5.95. The minimum absolute atomic E-state index is 0.326. The molecule has 0 unspecified atom stereocenters. The molecular weight excluding hydrogens is 250 g/mol. The van der Waals surface area contributed by atoms with E-state index in [1.165, 1.54) is 5.56 Å². The van der Waals surface area contributed by atoms with Crippen molar-refractivity contribution >= 4 is 5.88 Å². The second kappa shape index (κ2) is 4.81. The maximum absolute atomic E-state index is 5.95. The molecule has 0 amide bonds. The number of nitrogens with zero attached hydrogens (tertiary/aromatic N) is 2. The Morgan fingerprint density at radius 2 is 1.80 bits per heavy atom. The van der Waals surface area contributed by atoms with Crippen molar-refractivity contribution in [3.63, 3.8) is 0 Å². The monoisotopic (exact) mass is 265 g/mol. The molecule has 2 N–H and O–H groups in total. The van der Waals surface area contributed by atoms with Crippen molar-refractivity contribution in [2.24, 2.45) is 0 Å². The highest BCUT2D eigenvalue weighted by atomic mass is 16.5. The van der Waals surface area contributed by atoms with Gasteiger partial charge in [0.25, 0.3) is 0 Å². The molecule has 0 atom stereocenters. The van der Waals surface area contributed by atoms with Gasteiger partial charge >= 0.3 is 0 Å². The van der Waals surface area contributed by atoms with Crippen molar-refractivity contribution in [2.75, 3.05) is 5.73 Å². The number of anilines is 1. The van der Waals surface area contributed by atoms with E-state index in [9.17, 15) is 0 Å². The van der Waals surface area contributed by atoms with Crippen LogP contribution in [0, 0.1) is 13.8 Å². The molecule has 0 spiro atoms. The van der Waals surface area contributed by atoms with Crippen LogP contribution >= 0.6 is 0 Å². The zero-order valence-corrected chi connectivity index (χ0v) is 11.4. The van der Waals surface area contributed by atoms with Crippen molar-refractivity contribution < 1.29 is 4.52 Å². The molecule has 0 aliphatic heterocycles. The highest BCUT2D eigenvalue weighted by molar-refractivity contribution is 5.87. The lowest BCUT2D eigenvalue weighted by Gasteiger charge is -2.06. The Kier molecular flexibility index (Phi) is 2.99. The van der Waals surface area contributed by atoms with Crippen LogP contribution in [-0.2, 0) is 0 Å². The smallest absolute Gasteiger partial charge is 0.230 e. The molecule has 3 aromatic rings. The summed E-state index contributed by atoms with van der Waals surface area (Å²) in [6.45, 7) is 4.11. The van der Waals surface area contributed by atoms with E-state index in [4.69, 9.17) is 10.3 Å². The van der Waals surface area contributed by atoms with Crippen molar-refractivity contribution in [1.82, 2.24) is 10.1 Å². The Hall–Kier alpha value is -2.62. The van der Waals surface area contributed by atoms with Crippen LogP contribution in [0.3, 0.4) is 0 Å². The first-order valence-electron chi connectivity index (χ1n) is 6.40. The van der Waals surface area contributed by atoms with E-state index in [-0.39, 0.29) is 0 Å². The number of hydrogen-bond donors (Lipinski definition) is 1.